The van der Waals surface area contributed by atoms with Crippen molar-refractivity contribution < 1.29 is 13.5 Å². The lowest BCUT2D eigenvalue weighted by Crippen LogP contribution is -2.50. The molecule has 2 aliphatic rings. The van der Waals surface area contributed by atoms with Gasteiger partial charge >= 0.3 is 0 Å². The average molecular weight is 345 g/mol. The third-order valence-corrected chi connectivity index (χ3v) is 5.18. The van der Waals surface area contributed by atoms with Crippen molar-refractivity contribution in [3.05, 3.63) is 48.3 Å². The Morgan fingerprint density at radius 2 is 2.16 bits per heavy atom. The van der Waals surface area contributed by atoms with E-state index in [4.69, 9.17) is 9.15 Å². The van der Waals surface area contributed by atoms with Crippen LogP contribution in [0.3, 0.4) is 0 Å². The summed E-state index contributed by atoms with van der Waals surface area (Å²) in [7, 11) is 0. The molecule has 4 heterocycles. The average Bonchev–Trinajstić information content (AvgIpc) is 3.04. The molecule has 0 bridgehead atoms. The van der Waals surface area contributed by atoms with Gasteiger partial charge in [-0.15, -0.1) is 0 Å². The number of furan rings is 1. The number of piperidine rings is 1. The monoisotopic (exact) mass is 345 g/mol. The van der Waals surface area contributed by atoms with Gasteiger partial charge in [0.25, 0.3) is 0 Å². The number of nitrogens with zero attached hydrogens (tertiary/aromatic N) is 3. The van der Waals surface area contributed by atoms with E-state index in [1.807, 2.05) is 12.1 Å². The molecular weight excluding hydrogens is 321 g/mol. The Bertz CT molecular complexity index is 694. The van der Waals surface area contributed by atoms with E-state index in [-0.39, 0.29) is 11.2 Å². The Hall–Kier alpha value is -1.92. The summed E-state index contributed by atoms with van der Waals surface area (Å²) in [5, 5.41) is 0. The molecule has 0 amide bonds. The van der Waals surface area contributed by atoms with Gasteiger partial charge in [-0.3, -0.25) is 4.90 Å². The van der Waals surface area contributed by atoms with Crippen molar-refractivity contribution in [1.29, 1.82) is 0 Å². The van der Waals surface area contributed by atoms with Gasteiger partial charge in [0.15, 0.2) is 11.6 Å². The molecule has 2 saturated heterocycles. The maximum absolute atomic E-state index is 14.2. The van der Waals surface area contributed by atoms with Gasteiger partial charge < -0.3 is 14.1 Å². The van der Waals surface area contributed by atoms with Crippen molar-refractivity contribution in [2.45, 2.75) is 19.4 Å². The zero-order valence-corrected chi connectivity index (χ0v) is 14.4. The van der Waals surface area contributed by atoms with E-state index in [1.54, 1.807) is 18.5 Å². The lowest BCUT2D eigenvalue weighted by atomic mass is 9.80. The minimum absolute atomic E-state index is 0.00526. The van der Waals surface area contributed by atoms with Crippen LogP contribution in [0.25, 0.3) is 0 Å². The molecule has 1 atom stereocenters. The van der Waals surface area contributed by atoms with Crippen molar-refractivity contribution in [3.8, 4) is 0 Å². The molecule has 0 N–H and O–H groups in total. The number of hydrogen-bond acceptors (Lipinski definition) is 5. The van der Waals surface area contributed by atoms with Crippen molar-refractivity contribution in [1.82, 2.24) is 9.88 Å². The van der Waals surface area contributed by atoms with Gasteiger partial charge in [0, 0.05) is 31.2 Å². The quantitative estimate of drug-likeness (QED) is 0.856. The Morgan fingerprint density at radius 1 is 1.20 bits per heavy atom. The number of ether oxygens (including phenoxy) is 1. The minimum Gasteiger partial charge on any atom is -0.468 e. The van der Waals surface area contributed by atoms with Crippen molar-refractivity contribution >= 4 is 5.82 Å². The molecule has 0 saturated carbocycles. The number of likely N-dealkylation sites (tertiary alicyclic amines) is 1. The van der Waals surface area contributed by atoms with Crippen LogP contribution in [0.15, 0.2) is 41.1 Å². The maximum Gasteiger partial charge on any atom is 0.165 e. The molecule has 4 rings (SSSR count). The number of anilines is 1. The Kier molecular flexibility index (Phi) is 4.72. The summed E-state index contributed by atoms with van der Waals surface area (Å²) in [6.45, 7) is 5.57. The van der Waals surface area contributed by atoms with Gasteiger partial charge in [-0.25, -0.2) is 9.37 Å². The molecule has 25 heavy (non-hydrogen) atoms. The normalized spacial score (nSPS) is 25.2. The summed E-state index contributed by atoms with van der Waals surface area (Å²) in [6.07, 6.45) is 5.57. The molecule has 2 fully saturated rings. The summed E-state index contributed by atoms with van der Waals surface area (Å²) < 4.78 is 25.6. The third-order valence-electron chi connectivity index (χ3n) is 5.18. The predicted octanol–water partition coefficient (Wildman–Crippen LogP) is 2.93. The van der Waals surface area contributed by atoms with Crippen LogP contribution in [0.2, 0.25) is 0 Å². The molecule has 2 aliphatic heterocycles. The molecule has 134 valence electrons. The zero-order valence-electron chi connectivity index (χ0n) is 14.4. The van der Waals surface area contributed by atoms with E-state index in [2.05, 4.69) is 14.8 Å². The number of hydrogen-bond donors (Lipinski definition) is 0. The zero-order chi connectivity index (χ0) is 17.1. The maximum atomic E-state index is 14.2. The van der Waals surface area contributed by atoms with E-state index in [0.29, 0.717) is 25.6 Å². The molecular formula is C19H24FN3O2. The first kappa shape index (κ1) is 16.5. The van der Waals surface area contributed by atoms with Crippen LogP contribution in [-0.4, -0.2) is 49.3 Å². The van der Waals surface area contributed by atoms with Gasteiger partial charge in [0.2, 0.25) is 0 Å². The Labute approximate surface area is 147 Å². The fraction of sp³-hybridized carbons (Fsp3) is 0.526. The number of rotatable bonds is 3. The van der Waals surface area contributed by atoms with Crippen LogP contribution in [-0.2, 0) is 11.3 Å². The van der Waals surface area contributed by atoms with E-state index >= 15 is 0 Å². The molecule has 0 aliphatic carbocycles. The molecule has 1 unspecified atom stereocenters. The highest BCUT2D eigenvalue weighted by Crippen LogP contribution is 2.35. The molecule has 2 aromatic heterocycles. The first-order valence-electron chi connectivity index (χ1n) is 8.92. The largest absolute Gasteiger partial charge is 0.468 e. The predicted molar refractivity (Wildman–Crippen MR) is 92.9 cm³/mol. The van der Waals surface area contributed by atoms with Gasteiger partial charge in [0.1, 0.15) is 5.76 Å². The highest BCUT2D eigenvalue weighted by atomic mass is 19.1. The van der Waals surface area contributed by atoms with Crippen molar-refractivity contribution in [2.75, 3.05) is 44.3 Å². The van der Waals surface area contributed by atoms with E-state index in [1.165, 1.54) is 6.07 Å². The van der Waals surface area contributed by atoms with E-state index < -0.39 is 0 Å². The molecule has 6 heteroatoms. The summed E-state index contributed by atoms with van der Waals surface area (Å²) in [5.41, 5.74) is 0.00526. The Balaban J connectivity index is 1.51. The van der Waals surface area contributed by atoms with E-state index in [9.17, 15) is 4.39 Å². The number of pyridine rings is 1. The van der Waals surface area contributed by atoms with Gasteiger partial charge in [-0.1, -0.05) is 0 Å². The highest BCUT2D eigenvalue weighted by molar-refractivity contribution is 5.40. The molecule has 0 aromatic carbocycles. The summed E-state index contributed by atoms with van der Waals surface area (Å²) in [6, 6.07) is 7.05. The summed E-state index contributed by atoms with van der Waals surface area (Å²) in [4.78, 5) is 8.74. The fourth-order valence-electron chi connectivity index (χ4n) is 4.10. The standard InChI is InChI=1S/C19H24FN3O2/c20-17-5-1-7-21-18(17)23-9-11-24-15-19(14-23)6-3-8-22(13-19)12-16-4-2-10-25-16/h1-2,4-5,7,10H,3,6,8-9,11-15H2. The second-order valence-electron chi connectivity index (χ2n) is 7.18. The van der Waals surface area contributed by atoms with Crippen LogP contribution in [0.4, 0.5) is 10.2 Å². The second kappa shape index (κ2) is 7.14. The van der Waals surface area contributed by atoms with E-state index in [0.717, 1.165) is 44.8 Å². The van der Waals surface area contributed by atoms with Gasteiger partial charge in [-0.2, -0.15) is 0 Å². The SMILES string of the molecule is Fc1cccnc1N1CCOCC2(CCCN(Cc3ccco3)C2)C1. The fourth-order valence-corrected chi connectivity index (χ4v) is 4.10. The summed E-state index contributed by atoms with van der Waals surface area (Å²) >= 11 is 0. The van der Waals surface area contributed by atoms with Crippen LogP contribution in [0, 0.1) is 11.2 Å². The highest BCUT2D eigenvalue weighted by Gasteiger charge is 2.39. The van der Waals surface area contributed by atoms with Crippen LogP contribution < -0.4 is 4.90 Å². The third kappa shape index (κ3) is 3.70. The first-order chi connectivity index (χ1) is 12.2. The topological polar surface area (TPSA) is 41.7 Å². The molecule has 1 spiro atoms. The van der Waals surface area contributed by atoms with Crippen LogP contribution in [0.1, 0.15) is 18.6 Å². The van der Waals surface area contributed by atoms with Gasteiger partial charge in [-0.05, 0) is 43.7 Å². The number of aromatic nitrogens is 1. The second-order valence-corrected chi connectivity index (χ2v) is 7.18. The number of halogens is 1. The lowest BCUT2D eigenvalue weighted by molar-refractivity contribution is 0.00877. The molecule has 5 nitrogen and oxygen atoms in total. The lowest BCUT2D eigenvalue weighted by Gasteiger charge is -2.43. The van der Waals surface area contributed by atoms with Gasteiger partial charge in [0.05, 0.1) is 26.0 Å². The van der Waals surface area contributed by atoms with Crippen molar-refractivity contribution in [3.63, 3.8) is 0 Å². The Morgan fingerprint density at radius 3 is 3.00 bits per heavy atom. The summed E-state index contributed by atoms with van der Waals surface area (Å²) in [5.74, 6) is 1.16. The first-order valence-corrected chi connectivity index (χ1v) is 8.92. The van der Waals surface area contributed by atoms with Crippen LogP contribution >= 0.6 is 0 Å². The van der Waals surface area contributed by atoms with Crippen molar-refractivity contribution in [2.24, 2.45) is 5.41 Å². The van der Waals surface area contributed by atoms with Crippen LogP contribution in [0.5, 0.6) is 0 Å². The minimum atomic E-state index is -0.261. The molecule has 0 radical (unpaired) electrons. The molecule has 2 aromatic rings. The smallest absolute Gasteiger partial charge is 0.165 e.